The fourth-order valence-electron chi connectivity index (χ4n) is 4.24. The van der Waals surface area contributed by atoms with Crippen molar-refractivity contribution in [2.45, 2.75) is 56.0 Å². The first-order valence-electron chi connectivity index (χ1n) is 10.9. The molecule has 0 radical (unpaired) electrons. The van der Waals surface area contributed by atoms with Gasteiger partial charge in [0.1, 0.15) is 6.04 Å². The molecule has 1 atom stereocenters. The average Bonchev–Trinajstić information content (AvgIpc) is 3.07. The Hall–Kier alpha value is -2.09. The second-order valence-electron chi connectivity index (χ2n) is 8.21. The second-order valence-corrected chi connectivity index (χ2v) is 10.4. The highest BCUT2D eigenvalue weighted by Crippen LogP contribution is 2.29. The van der Waals surface area contributed by atoms with Gasteiger partial charge in [-0.05, 0) is 61.1 Å². The van der Waals surface area contributed by atoms with E-state index in [4.69, 9.17) is 11.6 Å². The fraction of sp³-hybridized carbons (Fsp3) is 0.435. The van der Waals surface area contributed by atoms with E-state index in [1.165, 1.54) is 12.8 Å². The molecule has 2 heterocycles. The molecule has 1 saturated heterocycles. The van der Waals surface area contributed by atoms with Crippen LogP contribution < -0.4 is 10.0 Å². The van der Waals surface area contributed by atoms with Gasteiger partial charge in [-0.2, -0.15) is 0 Å². The number of carbonyl (C=O) groups excluding carboxylic acids is 1. The highest BCUT2D eigenvalue weighted by molar-refractivity contribution is 7.89. The first kappa shape index (κ1) is 22.1. The maximum atomic E-state index is 12.9. The largest absolute Gasteiger partial charge is 0.373 e. The molecule has 166 valence electrons. The van der Waals surface area contributed by atoms with E-state index >= 15 is 0 Å². The number of nitrogens with one attached hydrogen (secondary N) is 2. The van der Waals surface area contributed by atoms with E-state index in [1.807, 2.05) is 17.0 Å². The predicted octanol–water partition coefficient (Wildman–Crippen LogP) is 3.95. The van der Waals surface area contributed by atoms with Crippen LogP contribution in [-0.2, 0) is 27.8 Å². The van der Waals surface area contributed by atoms with Crippen LogP contribution in [0.3, 0.4) is 0 Å². The average molecular weight is 462 g/mol. The molecule has 2 aromatic rings. The minimum absolute atomic E-state index is 0.129. The topological polar surface area (TPSA) is 78.5 Å². The Morgan fingerprint density at radius 2 is 1.84 bits per heavy atom. The van der Waals surface area contributed by atoms with Crippen molar-refractivity contribution in [2.75, 3.05) is 18.4 Å². The van der Waals surface area contributed by atoms with E-state index in [2.05, 4.69) is 10.0 Å². The van der Waals surface area contributed by atoms with Crippen molar-refractivity contribution in [1.82, 2.24) is 9.62 Å². The normalized spacial score (nSPS) is 19.3. The van der Waals surface area contributed by atoms with Gasteiger partial charge in [0.25, 0.3) is 0 Å². The van der Waals surface area contributed by atoms with Gasteiger partial charge in [0.05, 0.1) is 4.90 Å². The van der Waals surface area contributed by atoms with E-state index in [1.54, 1.807) is 30.3 Å². The molecule has 2 aliphatic rings. The van der Waals surface area contributed by atoms with Gasteiger partial charge in [-0.1, -0.05) is 42.6 Å². The number of hydrogen-bond donors (Lipinski definition) is 2. The molecule has 31 heavy (non-hydrogen) atoms. The van der Waals surface area contributed by atoms with Crippen LogP contribution in [0.2, 0.25) is 5.02 Å². The zero-order valence-corrected chi connectivity index (χ0v) is 19.0. The van der Waals surface area contributed by atoms with Crippen molar-refractivity contribution in [2.24, 2.45) is 0 Å². The molecule has 1 amide bonds. The van der Waals surface area contributed by atoms with Crippen LogP contribution in [0.15, 0.2) is 47.4 Å². The number of likely N-dealkylation sites (tertiary alicyclic amines) is 1. The number of hydrogen-bond acceptors (Lipinski definition) is 4. The first-order chi connectivity index (χ1) is 14.9. The zero-order chi connectivity index (χ0) is 21.8. The highest BCUT2D eigenvalue weighted by Gasteiger charge is 2.29. The van der Waals surface area contributed by atoms with Gasteiger partial charge in [0.15, 0.2) is 0 Å². The summed E-state index contributed by atoms with van der Waals surface area (Å²) in [6.07, 6.45) is 5.84. The van der Waals surface area contributed by atoms with Gasteiger partial charge in [-0.3, -0.25) is 4.79 Å². The molecule has 0 aromatic heterocycles. The van der Waals surface area contributed by atoms with E-state index in [0.717, 1.165) is 42.7 Å². The molecule has 2 N–H and O–H groups in total. The molecule has 0 bridgehead atoms. The van der Waals surface area contributed by atoms with Crippen LogP contribution in [0, 0.1) is 0 Å². The van der Waals surface area contributed by atoms with Gasteiger partial charge >= 0.3 is 0 Å². The third-order valence-corrected chi connectivity index (χ3v) is 7.81. The van der Waals surface area contributed by atoms with Crippen molar-refractivity contribution < 1.29 is 13.2 Å². The molecular formula is C23H28ClN3O3S. The predicted molar refractivity (Wildman–Crippen MR) is 123 cm³/mol. The summed E-state index contributed by atoms with van der Waals surface area (Å²) in [5, 5.41) is 3.86. The Morgan fingerprint density at radius 1 is 1.10 bits per heavy atom. The van der Waals surface area contributed by atoms with Crippen molar-refractivity contribution in [1.29, 1.82) is 0 Å². The van der Waals surface area contributed by atoms with Gasteiger partial charge in [-0.25, -0.2) is 13.1 Å². The second kappa shape index (κ2) is 9.59. The van der Waals surface area contributed by atoms with E-state index in [-0.39, 0.29) is 23.4 Å². The summed E-state index contributed by atoms with van der Waals surface area (Å²) < 4.78 is 28.2. The smallest absolute Gasteiger partial charge is 0.245 e. The molecule has 0 unspecified atom stereocenters. The molecule has 8 heteroatoms. The van der Waals surface area contributed by atoms with Crippen LogP contribution in [-0.4, -0.2) is 38.4 Å². The summed E-state index contributed by atoms with van der Waals surface area (Å²) in [5.41, 5.74) is 2.48. The molecule has 2 aliphatic heterocycles. The molecule has 0 saturated carbocycles. The summed E-state index contributed by atoms with van der Waals surface area (Å²) in [4.78, 5) is 15.1. The summed E-state index contributed by atoms with van der Waals surface area (Å²) in [5.74, 6) is 0.158. The van der Waals surface area contributed by atoms with Crippen LogP contribution in [0.4, 0.5) is 5.69 Å². The number of sulfonamides is 1. The molecule has 6 nitrogen and oxygen atoms in total. The summed E-state index contributed by atoms with van der Waals surface area (Å²) in [7, 11) is -3.67. The lowest BCUT2D eigenvalue weighted by Gasteiger charge is -2.31. The van der Waals surface area contributed by atoms with Crippen LogP contribution in [0.25, 0.3) is 0 Å². The number of halogens is 1. The maximum Gasteiger partial charge on any atom is 0.245 e. The van der Waals surface area contributed by atoms with Gasteiger partial charge in [0, 0.05) is 30.3 Å². The molecule has 2 aromatic carbocycles. The SMILES string of the molecule is O=C([C@H]1CCc2cc(S(=O)(=O)NCc3ccccc3Cl)ccc2N1)N1CCCCCC1. The van der Waals surface area contributed by atoms with E-state index in [9.17, 15) is 13.2 Å². The summed E-state index contributed by atoms with van der Waals surface area (Å²) in [6.45, 7) is 1.79. The molecule has 4 rings (SSSR count). The Labute approximate surface area is 189 Å². The summed E-state index contributed by atoms with van der Waals surface area (Å²) >= 11 is 6.12. The highest BCUT2D eigenvalue weighted by atomic mass is 35.5. The number of fused-ring (bicyclic) bond motifs is 1. The van der Waals surface area contributed by atoms with Gasteiger partial charge in [0.2, 0.25) is 15.9 Å². The van der Waals surface area contributed by atoms with Crippen LogP contribution >= 0.6 is 11.6 Å². The van der Waals surface area contributed by atoms with Crippen molar-refractivity contribution in [3.63, 3.8) is 0 Å². The number of nitrogens with zero attached hydrogens (tertiary/aromatic N) is 1. The monoisotopic (exact) mass is 461 g/mol. The lowest BCUT2D eigenvalue weighted by molar-refractivity contribution is -0.132. The van der Waals surface area contributed by atoms with Crippen molar-refractivity contribution in [3.05, 3.63) is 58.6 Å². The van der Waals surface area contributed by atoms with Crippen molar-refractivity contribution in [3.8, 4) is 0 Å². The number of anilines is 1. The third kappa shape index (κ3) is 5.22. The lowest BCUT2D eigenvalue weighted by Crippen LogP contribution is -2.45. The standard InChI is InChI=1S/C23H28ClN3O3S/c24-20-8-4-3-7-18(20)16-25-31(29,30)19-10-12-21-17(15-19)9-11-22(26-21)23(28)27-13-5-1-2-6-14-27/h3-4,7-8,10,12,15,22,25-26H,1-2,5-6,9,11,13-14,16H2/t22-/m1/s1. The number of rotatable bonds is 5. The van der Waals surface area contributed by atoms with Crippen molar-refractivity contribution >= 4 is 33.2 Å². The number of carbonyl (C=O) groups is 1. The zero-order valence-electron chi connectivity index (χ0n) is 17.4. The van der Waals surface area contributed by atoms with E-state index < -0.39 is 10.0 Å². The quantitative estimate of drug-likeness (QED) is 0.706. The Balaban J connectivity index is 1.43. The molecular weight excluding hydrogens is 434 g/mol. The van der Waals surface area contributed by atoms with Gasteiger partial charge in [-0.15, -0.1) is 0 Å². The number of amides is 1. The minimum Gasteiger partial charge on any atom is -0.373 e. The number of aryl methyl sites for hydroxylation is 1. The maximum absolute atomic E-state index is 12.9. The fourth-order valence-corrected chi connectivity index (χ4v) is 5.50. The Morgan fingerprint density at radius 3 is 2.58 bits per heavy atom. The minimum atomic E-state index is -3.67. The van der Waals surface area contributed by atoms with E-state index in [0.29, 0.717) is 17.9 Å². The molecule has 1 fully saturated rings. The van der Waals surface area contributed by atoms with Gasteiger partial charge < -0.3 is 10.2 Å². The molecule has 0 spiro atoms. The van der Waals surface area contributed by atoms with Crippen LogP contribution in [0.5, 0.6) is 0 Å². The van der Waals surface area contributed by atoms with Crippen LogP contribution in [0.1, 0.15) is 43.2 Å². The summed E-state index contributed by atoms with van der Waals surface area (Å²) in [6, 6.07) is 12.0. The first-order valence-corrected chi connectivity index (χ1v) is 12.7. The lowest BCUT2D eigenvalue weighted by atomic mass is 9.97. The molecule has 0 aliphatic carbocycles. The Kier molecular flexibility index (Phi) is 6.84. The number of benzene rings is 2. The Bertz CT molecular complexity index is 1050. The third-order valence-electron chi connectivity index (χ3n) is 6.05.